The SMILES string of the molecule is CCc1nn(C)c(OC)c1CNc1nn2cc(-c3ccc(F)cc3)nc2s1. The number of methoxy groups -OCH3 is 1. The molecule has 7 nitrogen and oxygen atoms in total. The number of aromatic nitrogens is 5. The molecule has 3 aromatic heterocycles. The summed E-state index contributed by atoms with van der Waals surface area (Å²) < 4.78 is 22.0. The van der Waals surface area contributed by atoms with Crippen molar-refractivity contribution in [3.63, 3.8) is 0 Å². The van der Waals surface area contributed by atoms with Gasteiger partial charge in [-0.2, -0.15) is 5.10 Å². The van der Waals surface area contributed by atoms with E-state index in [-0.39, 0.29) is 5.82 Å². The molecule has 0 aliphatic heterocycles. The largest absolute Gasteiger partial charge is 0.481 e. The Morgan fingerprint density at radius 3 is 2.67 bits per heavy atom. The fraction of sp³-hybridized carbons (Fsp3) is 0.278. The first-order valence-corrected chi connectivity index (χ1v) is 9.35. The summed E-state index contributed by atoms with van der Waals surface area (Å²) in [4.78, 5) is 5.34. The molecule has 9 heteroatoms. The molecule has 0 bridgehead atoms. The molecule has 0 unspecified atom stereocenters. The van der Waals surface area contributed by atoms with Crippen molar-refractivity contribution in [2.24, 2.45) is 7.05 Å². The molecule has 27 heavy (non-hydrogen) atoms. The molecule has 4 aromatic rings. The maximum absolute atomic E-state index is 13.1. The Morgan fingerprint density at radius 2 is 2.00 bits per heavy atom. The fourth-order valence-corrected chi connectivity index (χ4v) is 3.80. The molecular weight excluding hydrogens is 367 g/mol. The number of fused-ring (bicyclic) bond motifs is 1. The molecule has 0 aliphatic carbocycles. The lowest BCUT2D eigenvalue weighted by Crippen LogP contribution is -2.03. The average molecular weight is 386 g/mol. The minimum atomic E-state index is -0.262. The van der Waals surface area contributed by atoms with Crippen molar-refractivity contribution in [1.82, 2.24) is 24.4 Å². The highest BCUT2D eigenvalue weighted by Gasteiger charge is 2.16. The van der Waals surface area contributed by atoms with Crippen LogP contribution in [0, 0.1) is 5.82 Å². The number of rotatable bonds is 6. The number of nitrogens with zero attached hydrogens (tertiary/aromatic N) is 5. The predicted octanol–water partition coefficient (Wildman–Crippen LogP) is 3.51. The van der Waals surface area contributed by atoms with Gasteiger partial charge in [-0.05, 0) is 30.7 Å². The van der Waals surface area contributed by atoms with Crippen LogP contribution >= 0.6 is 11.3 Å². The molecule has 4 rings (SSSR count). The van der Waals surface area contributed by atoms with E-state index in [9.17, 15) is 4.39 Å². The van der Waals surface area contributed by atoms with Crippen LogP contribution in [-0.2, 0) is 20.0 Å². The minimum Gasteiger partial charge on any atom is -0.481 e. The highest BCUT2D eigenvalue weighted by molar-refractivity contribution is 7.20. The lowest BCUT2D eigenvalue weighted by Gasteiger charge is -2.05. The van der Waals surface area contributed by atoms with Gasteiger partial charge in [0, 0.05) is 19.2 Å². The zero-order valence-electron chi connectivity index (χ0n) is 15.2. The van der Waals surface area contributed by atoms with E-state index in [0.717, 1.165) is 44.9 Å². The van der Waals surface area contributed by atoms with Gasteiger partial charge in [-0.1, -0.05) is 18.3 Å². The molecule has 0 aliphatic rings. The molecule has 3 heterocycles. The molecule has 0 amide bonds. The normalized spacial score (nSPS) is 11.3. The van der Waals surface area contributed by atoms with Gasteiger partial charge >= 0.3 is 0 Å². The molecule has 0 atom stereocenters. The Kier molecular flexibility index (Phi) is 4.53. The Bertz CT molecular complexity index is 1050. The van der Waals surface area contributed by atoms with Crippen LogP contribution < -0.4 is 10.1 Å². The standard InChI is InChI=1S/C18H19FN6OS/c1-4-14-13(16(26-3)24(2)22-14)9-20-17-23-25-10-15(21-18(25)27-17)11-5-7-12(19)8-6-11/h5-8,10H,4,9H2,1-3H3,(H,20,23). The molecule has 1 N–H and O–H groups in total. The predicted molar refractivity (Wildman–Crippen MR) is 103 cm³/mol. The van der Waals surface area contributed by atoms with E-state index in [1.807, 2.05) is 13.2 Å². The van der Waals surface area contributed by atoms with Crippen molar-refractivity contribution in [1.29, 1.82) is 0 Å². The first kappa shape index (κ1) is 17.5. The van der Waals surface area contributed by atoms with E-state index in [1.165, 1.54) is 23.5 Å². The Labute approximate surface area is 159 Å². The van der Waals surface area contributed by atoms with Crippen LogP contribution in [0.4, 0.5) is 9.52 Å². The van der Waals surface area contributed by atoms with E-state index < -0.39 is 0 Å². The maximum atomic E-state index is 13.1. The molecule has 0 saturated carbocycles. The van der Waals surface area contributed by atoms with E-state index >= 15 is 0 Å². The number of ether oxygens (including phenoxy) is 1. The van der Waals surface area contributed by atoms with E-state index in [4.69, 9.17) is 4.74 Å². The number of halogens is 1. The number of anilines is 1. The van der Waals surface area contributed by atoms with Crippen LogP contribution in [-0.4, -0.2) is 31.5 Å². The van der Waals surface area contributed by atoms with Gasteiger partial charge in [0.15, 0.2) is 0 Å². The van der Waals surface area contributed by atoms with Crippen molar-refractivity contribution in [3.05, 3.63) is 47.5 Å². The molecule has 0 spiro atoms. The quantitative estimate of drug-likeness (QED) is 0.549. The number of nitrogens with one attached hydrogen (secondary N) is 1. The van der Waals surface area contributed by atoms with E-state index in [2.05, 4.69) is 27.4 Å². The van der Waals surface area contributed by atoms with Crippen LogP contribution in [0.5, 0.6) is 5.88 Å². The summed E-state index contributed by atoms with van der Waals surface area (Å²) >= 11 is 1.46. The van der Waals surface area contributed by atoms with E-state index in [1.54, 1.807) is 28.4 Å². The summed E-state index contributed by atoms with van der Waals surface area (Å²) in [5.41, 5.74) is 3.66. The lowest BCUT2D eigenvalue weighted by atomic mass is 10.2. The number of aryl methyl sites for hydroxylation is 2. The van der Waals surface area contributed by atoms with Crippen LogP contribution in [0.15, 0.2) is 30.5 Å². The highest BCUT2D eigenvalue weighted by Crippen LogP contribution is 2.27. The summed E-state index contributed by atoms with van der Waals surface area (Å²) in [5, 5.41) is 13.1. The van der Waals surface area contributed by atoms with Crippen molar-refractivity contribution >= 4 is 21.4 Å². The first-order valence-electron chi connectivity index (χ1n) is 8.53. The van der Waals surface area contributed by atoms with Crippen molar-refractivity contribution in [2.45, 2.75) is 19.9 Å². The number of benzene rings is 1. The highest BCUT2D eigenvalue weighted by atomic mass is 32.1. The lowest BCUT2D eigenvalue weighted by molar-refractivity contribution is 0.370. The van der Waals surface area contributed by atoms with Gasteiger partial charge in [0.1, 0.15) is 5.82 Å². The van der Waals surface area contributed by atoms with Gasteiger partial charge in [-0.3, -0.25) is 0 Å². The first-order chi connectivity index (χ1) is 13.1. The van der Waals surface area contributed by atoms with Crippen LogP contribution in [0.3, 0.4) is 0 Å². The van der Waals surface area contributed by atoms with Crippen molar-refractivity contribution in [3.8, 4) is 17.1 Å². The topological polar surface area (TPSA) is 69.3 Å². The third-order valence-corrected chi connectivity index (χ3v) is 5.18. The fourth-order valence-electron chi connectivity index (χ4n) is 3.02. The molecule has 0 fully saturated rings. The molecule has 0 saturated heterocycles. The van der Waals surface area contributed by atoms with Gasteiger partial charge in [-0.15, -0.1) is 5.10 Å². The zero-order chi connectivity index (χ0) is 19.0. The van der Waals surface area contributed by atoms with Crippen LogP contribution in [0.25, 0.3) is 16.2 Å². The van der Waals surface area contributed by atoms with Crippen molar-refractivity contribution in [2.75, 3.05) is 12.4 Å². The number of imidazole rings is 1. The molecule has 0 radical (unpaired) electrons. The summed E-state index contributed by atoms with van der Waals surface area (Å²) in [6.45, 7) is 2.64. The van der Waals surface area contributed by atoms with Gasteiger partial charge in [-0.25, -0.2) is 18.6 Å². The molecule has 1 aromatic carbocycles. The second-order valence-electron chi connectivity index (χ2n) is 6.03. The van der Waals surface area contributed by atoms with E-state index in [0.29, 0.717) is 6.54 Å². The Hall–Kier alpha value is -2.94. The van der Waals surface area contributed by atoms with Crippen molar-refractivity contribution < 1.29 is 9.13 Å². The zero-order valence-corrected chi connectivity index (χ0v) is 16.0. The van der Waals surface area contributed by atoms with Crippen LogP contribution in [0.1, 0.15) is 18.2 Å². The molecule has 140 valence electrons. The number of hydrogen-bond donors (Lipinski definition) is 1. The second-order valence-corrected chi connectivity index (χ2v) is 6.99. The second kappa shape index (κ2) is 6.99. The van der Waals surface area contributed by atoms with Crippen LogP contribution in [0.2, 0.25) is 0 Å². The van der Waals surface area contributed by atoms with Gasteiger partial charge in [0.25, 0.3) is 0 Å². The van der Waals surface area contributed by atoms with Gasteiger partial charge in [0.05, 0.1) is 30.3 Å². The van der Waals surface area contributed by atoms with Gasteiger partial charge in [0.2, 0.25) is 16.0 Å². The minimum absolute atomic E-state index is 0.262. The monoisotopic (exact) mass is 386 g/mol. The number of hydrogen-bond acceptors (Lipinski definition) is 6. The average Bonchev–Trinajstić information content (AvgIpc) is 3.31. The summed E-state index contributed by atoms with van der Waals surface area (Å²) in [7, 11) is 3.52. The third kappa shape index (κ3) is 3.25. The smallest absolute Gasteiger partial charge is 0.216 e. The Balaban J connectivity index is 1.54. The summed E-state index contributed by atoms with van der Waals surface area (Å²) in [6.07, 6.45) is 2.67. The maximum Gasteiger partial charge on any atom is 0.216 e. The molecular formula is C18H19FN6OS. The third-order valence-electron chi connectivity index (χ3n) is 4.30. The summed E-state index contributed by atoms with van der Waals surface area (Å²) in [6, 6.07) is 6.27. The Morgan fingerprint density at radius 1 is 1.22 bits per heavy atom. The van der Waals surface area contributed by atoms with Gasteiger partial charge < -0.3 is 10.1 Å². The summed E-state index contributed by atoms with van der Waals surface area (Å²) in [5.74, 6) is 0.487.